The maximum Gasteiger partial charge on any atom is 0.291 e. The van der Waals surface area contributed by atoms with Gasteiger partial charge in [-0.25, -0.2) is 9.67 Å². The molecule has 3 heterocycles. The van der Waals surface area contributed by atoms with E-state index in [1.165, 1.54) is 17.6 Å². The van der Waals surface area contributed by atoms with Crippen molar-refractivity contribution in [1.29, 1.82) is 0 Å². The molecule has 0 radical (unpaired) electrons. The third-order valence-corrected chi connectivity index (χ3v) is 4.56. The summed E-state index contributed by atoms with van der Waals surface area (Å²) in [5.74, 6) is 0.00497. The Kier molecular flexibility index (Phi) is 3.42. The summed E-state index contributed by atoms with van der Waals surface area (Å²) in [5.41, 5.74) is 3.57. The van der Waals surface area contributed by atoms with Crippen LogP contribution in [0.15, 0.2) is 47.1 Å². The normalized spacial score (nSPS) is 11.1. The number of fused-ring (bicyclic) bond motifs is 1. The van der Waals surface area contributed by atoms with Crippen LogP contribution in [0.1, 0.15) is 21.9 Å². The zero-order valence-electron chi connectivity index (χ0n) is 13.1. The first-order chi connectivity index (χ1) is 11.6. The minimum Gasteiger partial charge on any atom is -0.459 e. The Balaban J connectivity index is 1.66. The first-order valence-electron chi connectivity index (χ1n) is 7.39. The van der Waals surface area contributed by atoms with E-state index < -0.39 is 0 Å². The largest absolute Gasteiger partial charge is 0.459 e. The minimum absolute atomic E-state index is 0.275. The predicted molar refractivity (Wildman–Crippen MR) is 92.9 cm³/mol. The maximum absolute atomic E-state index is 12.1. The Morgan fingerprint density at radius 3 is 2.83 bits per heavy atom. The number of nitrogens with one attached hydrogen (secondary N) is 1. The molecule has 4 rings (SSSR count). The number of benzene rings is 1. The highest BCUT2D eigenvalue weighted by Gasteiger charge is 2.12. The minimum atomic E-state index is -0.275. The molecule has 0 aliphatic heterocycles. The van der Waals surface area contributed by atoms with E-state index in [0.29, 0.717) is 5.69 Å². The molecule has 24 heavy (non-hydrogen) atoms. The maximum atomic E-state index is 12.1. The van der Waals surface area contributed by atoms with Crippen LogP contribution in [-0.2, 0) is 0 Å². The molecule has 0 unspecified atom stereocenters. The van der Waals surface area contributed by atoms with Crippen molar-refractivity contribution < 1.29 is 9.21 Å². The van der Waals surface area contributed by atoms with Gasteiger partial charge in [0.15, 0.2) is 5.76 Å². The monoisotopic (exact) mass is 338 g/mol. The van der Waals surface area contributed by atoms with E-state index in [1.807, 2.05) is 42.8 Å². The van der Waals surface area contributed by atoms with Crippen LogP contribution in [0.5, 0.6) is 0 Å². The van der Waals surface area contributed by atoms with E-state index in [0.717, 1.165) is 26.7 Å². The van der Waals surface area contributed by atoms with Crippen LogP contribution in [-0.4, -0.2) is 20.7 Å². The standard InChI is InChI=1S/C17H14N4O2S/c1-10-8-11(2)21(20-10)17-19-13-6-5-12(9-15(13)24-17)18-16(22)14-4-3-7-23-14/h3-9H,1-2H3,(H,18,22). The van der Waals surface area contributed by atoms with Gasteiger partial charge in [-0.05, 0) is 50.2 Å². The van der Waals surface area contributed by atoms with Crippen LogP contribution in [0.2, 0.25) is 0 Å². The molecular weight excluding hydrogens is 324 g/mol. The van der Waals surface area contributed by atoms with Crippen molar-refractivity contribution in [3.63, 3.8) is 0 Å². The summed E-state index contributed by atoms with van der Waals surface area (Å²) in [6.07, 6.45) is 1.47. The van der Waals surface area contributed by atoms with Gasteiger partial charge in [0.05, 0.1) is 22.2 Å². The van der Waals surface area contributed by atoms with E-state index >= 15 is 0 Å². The average Bonchev–Trinajstić information content (AvgIpc) is 3.26. The summed E-state index contributed by atoms with van der Waals surface area (Å²) >= 11 is 1.53. The Morgan fingerprint density at radius 2 is 2.12 bits per heavy atom. The van der Waals surface area contributed by atoms with Gasteiger partial charge in [-0.2, -0.15) is 5.10 Å². The van der Waals surface area contributed by atoms with Gasteiger partial charge in [-0.15, -0.1) is 0 Å². The molecule has 0 bridgehead atoms. The van der Waals surface area contributed by atoms with Gasteiger partial charge in [0, 0.05) is 11.4 Å². The van der Waals surface area contributed by atoms with E-state index in [-0.39, 0.29) is 11.7 Å². The second kappa shape index (κ2) is 5.61. The Hall–Kier alpha value is -2.93. The number of aromatic nitrogens is 3. The van der Waals surface area contributed by atoms with E-state index in [4.69, 9.17) is 4.42 Å². The number of nitrogens with zero attached hydrogens (tertiary/aromatic N) is 3. The lowest BCUT2D eigenvalue weighted by Crippen LogP contribution is -2.10. The fraction of sp³-hybridized carbons (Fsp3) is 0.118. The molecule has 0 aliphatic rings. The first-order valence-corrected chi connectivity index (χ1v) is 8.21. The fourth-order valence-corrected chi connectivity index (χ4v) is 3.52. The van der Waals surface area contributed by atoms with E-state index in [9.17, 15) is 4.79 Å². The van der Waals surface area contributed by atoms with Crippen LogP contribution < -0.4 is 5.32 Å². The summed E-state index contributed by atoms with van der Waals surface area (Å²) < 4.78 is 7.91. The van der Waals surface area contributed by atoms with Crippen LogP contribution in [0.4, 0.5) is 5.69 Å². The number of thiazole rings is 1. The number of furan rings is 1. The summed E-state index contributed by atoms with van der Waals surface area (Å²) in [7, 11) is 0. The average molecular weight is 338 g/mol. The second-order valence-electron chi connectivity index (χ2n) is 5.45. The summed E-state index contributed by atoms with van der Waals surface area (Å²) in [6.45, 7) is 3.96. The fourth-order valence-electron chi connectivity index (χ4n) is 2.50. The number of hydrogen-bond acceptors (Lipinski definition) is 5. The molecule has 0 saturated carbocycles. The van der Waals surface area contributed by atoms with Gasteiger partial charge >= 0.3 is 0 Å². The first kappa shape index (κ1) is 14.6. The molecule has 0 saturated heterocycles. The van der Waals surface area contributed by atoms with Crippen LogP contribution in [0, 0.1) is 13.8 Å². The van der Waals surface area contributed by atoms with Gasteiger partial charge < -0.3 is 9.73 Å². The zero-order valence-corrected chi connectivity index (χ0v) is 13.9. The van der Waals surface area contributed by atoms with Gasteiger partial charge in [-0.1, -0.05) is 11.3 Å². The number of rotatable bonds is 3. The number of hydrogen-bond donors (Lipinski definition) is 1. The Bertz CT molecular complexity index is 1030. The van der Waals surface area contributed by atoms with Crippen molar-refractivity contribution in [2.45, 2.75) is 13.8 Å². The molecule has 4 aromatic rings. The molecule has 0 spiro atoms. The molecule has 6 nitrogen and oxygen atoms in total. The van der Waals surface area contributed by atoms with Crippen LogP contribution >= 0.6 is 11.3 Å². The highest BCUT2D eigenvalue weighted by Crippen LogP contribution is 2.28. The number of carbonyl (C=O) groups excluding carboxylic acids is 1. The molecule has 0 fully saturated rings. The van der Waals surface area contributed by atoms with Gasteiger partial charge in [0.25, 0.3) is 5.91 Å². The van der Waals surface area contributed by atoms with Gasteiger partial charge in [-0.3, -0.25) is 4.79 Å². The zero-order chi connectivity index (χ0) is 16.7. The Morgan fingerprint density at radius 1 is 1.25 bits per heavy atom. The second-order valence-corrected chi connectivity index (χ2v) is 6.46. The highest BCUT2D eigenvalue weighted by molar-refractivity contribution is 7.20. The quantitative estimate of drug-likeness (QED) is 0.614. The molecule has 1 amide bonds. The van der Waals surface area contributed by atoms with E-state index in [1.54, 1.807) is 12.1 Å². The molecular formula is C17H14N4O2S. The smallest absolute Gasteiger partial charge is 0.291 e. The topological polar surface area (TPSA) is 73.0 Å². The lowest BCUT2D eigenvalue weighted by atomic mass is 10.3. The molecule has 120 valence electrons. The van der Waals surface area contributed by atoms with E-state index in [2.05, 4.69) is 15.4 Å². The Labute approximate surface area is 141 Å². The van der Waals surface area contributed by atoms with Crippen molar-refractivity contribution >= 4 is 33.1 Å². The van der Waals surface area contributed by atoms with Crippen LogP contribution in [0.25, 0.3) is 15.3 Å². The third kappa shape index (κ3) is 2.59. The molecule has 0 aliphatic carbocycles. The van der Waals surface area contributed by atoms with Crippen molar-refractivity contribution in [2.24, 2.45) is 0 Å². The lowest BCUT2D eigenvalue weighted by molar-refractivity contribution is 0.0996. The highest BCUT2D eigenvalue weighted by atomic mass is 32.1. The summed E-state index contributed by atoms with van der Waals surface area (Å²) in [6, 6.07) is 10.9. The van der Waals surface area contributed by atoms with Crippen molar-refractivity contribution in [3.8, 4) is 5.13 Å². The number of aryl methyl sites for hydroxylation is 2. The predicted octanol–water partition coefficient (Wildman–Crippen LogP) is 3.94. The summed E-state index contributed by atoms with van der Waals surface area (Å²) in [5, 5.41) is 8.10. The number of amides is 1. The lowest BCUT2D eigenvalue weighted by Gasteiger charge is -2.02. The molecule has 3 aromatic heterocycles. The van der Waals surface area contributed by atoms with Gasteiger partial charge in [0.1, 0.15) is 0 Å². The third-order valence-electron chi connectivity index (χ3n) is 3.57. The van der Waals surface area contributed by atoms with Gasteiger partial charge in [0.2, 0.25) is 5.13 Å². The SMILES string of the molecule is Cc1cc(C)n(-c2nc3ccc(NC(=O)c4ccco4)cc3s2)n1. The summed E-state index contributed by atoms with van der Waals surface area (Å²) in [4.78, 5) is 16.7. The van der Waals surface area contributed by atoms with Crippen molar-refractivity contribution in [2.75, 3.05) is 5.32 Å². The number of carbonyl (C=O) groups is 1. The molecule has 1 N–H and O–H groups in total. The van der Waals surface area contributed by atoms with Crippen molar-refractivity contribution in [3.05, 3.63) is 59.8 Å². The molecule has 7 heteroatoms. The van der Waals surface area contributed by atoms with Crippen LogP contribution in [0.3, 0.4) is 0 Å². The van der Waals surface area contributed by atoms with Crippen molar-refractivity contribution in [1.82, 2.24) is 14.8 Å². The number of anilines is 1. The molecule has 1 aromatic carbocycles. The molecule has 0 atom stereocenters.